The van der Waals surface area contributed by atoms with Crippen molar-refractivity contribution in [1.29, 1.82) is 0 Å². The minimum Gasteiger partial charge on any atom is -0.339 e. The van der Waals surface area contributed by atoms with Crippen molar-refractivity contribution >= 4 is 12.4 Å². The summed E-state index contributed by atoms with van der Waals surface area (Å²) >= 11 is 0. The Kier molecular flexibility index (Phi) is 6.16. The maximum absolute atomic E-state index is 5.48. The van der Waals surface area contributed by atoms with Crippen molar-refractivity contribution in [2.24, 2.45) is 0 Å². The first-order valence-electron chi connectivity index (χ1n) is 7.94. The molecule has 0 spiro atoms. The van der Waals surface area contributed by atoms with Gasteiger partial charge in [0.1, 0.15) is 0 Å². The molecule has 2 unspecified atom stereocenters. The molecular formula is C17H25ClN4O. The highest BCUT2D eigenvalue weighted by atomic mass is 35.5. The molecule has 6 heteroatoms. The van der Waals surface area contributed by atoms with Gasteiger partial charge in [-0.05, 0) is 31.0 Å². The van der Waals surface area contributed by atoms with Crippen molar-refractivity contribution in [2.75, 3.05) is 26.7 Å². The molecule has 0 saturated carbocycles. The maximum atomic E-state index is 5.48. The minimum atomic E-state index is 0. The van der Waals surface area contributed by atoms with E-state index in [-0.39, 0.29) is 18.4 Å². The zero-order valence-corrected chi connectivity index (χ0v) is 14.8. The molecule has 1 aliphatic rings. The first kappa shape index (κ1) is 17.9. The topological polar surface area (TPSA) is 54.2 Å². The van der Waals surface area contributed by atoms with Gasteiger partial charge in [0.2, 0.25) is 5.89 Å². The second kappa shape index (κ2) is 7.90. The lowest BCUT2D eigenvalue weighted by atomic mass is 9.94. The predicted molar refractivity (Wildman–Crippen MR) is 93.1 cm³/mol. The lowest BCUT2D eigenvalue weighted by Crippen LogP contribution is -2.44. The largest absolute Gasteiger partial charge is 0.339 e. The van der Waals surface area contributed by atoms with Gasteiger partial charge in [0, 0.05) is 26.1 Å². The zero-order chi connectivity index (χ0) is 15.5. The van der Waals surface area contributed by atoms with Gasteiger partial charge in [-0.3, -0.25) is 4.90 Å². The van der Waals surface area contributed by atoms with E-state index in [2.05, 4.69) is 65.5 Å². The molecule has 2 atom stereocenters. The van der Waals surface area contributed by atoms with Crippen LogP contribution in [0.4, 0.5) is 0 Å². The fourth-order valence-corrected chi connectivity index (χ4v) is 3.09. The summed E-state index contributed by atoms with van der Waals surface area (Å²) in [4.78, 5) is 6.89. The number of hydrogen-bond donors (Lipinski definition) is 1. The van der Waals surface area contributed by atoms with Crippen molar-refractivity contribution in [1.82, 2.24) is 20.4 Å². The summed E-state index contributed by atoms with van der Waals surface area (Å²) in [6, 6.07) is 8.69. The highest BCUT2D eigenvalue weighted by Gasteiger charge is 2.25. The summed E-state index contributed by atoms with van der Waals surface area (Å²) in [5.74, 6) is 1.89. The van der Waals surface area contributed by atoms with E-state index >= 15 is 0 Å². The molecule has 0 radical (unpaired) electrons. The Bertz CT molecular complexity index is 631. The van der Waals surface area contributed by atoms with Crippen LogP contribution in [0.25, 0.3) is 0 Å². The first-order valence-corrected chi connectivity index (χ1v) is 7.94. The van der Waals surface area contributed by atoms with Gasteiger partial charge in [-0.2, -0.15) is 4.98 Å². The molecule has 1 fully saturated rings. The van der Waals surface area contributed by atoms with Gasteiger partial charge in [-0.25, -0.2) is 0 Å². The van der Waals surface area contributed by atoms with Crippen LogP contribution >= 0.6 is 12.4 Å². The quantitative estimate of drug-likeness (QED) is 0.930. The number of aryl methyl sites for hydroxylation is 1. The summed E-state index contributed by atoms with van der Waals surface area (Å²) in [7, 11) is 2.11. The number of hydrogen-bond acceptors (Lipinski definition) is 5. The summed E-state index contributed by atoms with van der Waals surface area (Å²) in [5, 5.41) is 7.58. The third-order valence-electron chi connectivity index (χ3n) is 4.49. The molecule has 1 aromatic carbocycles. The van der Waals surface area contributed by atoms with E-state index in [1.54, 1.807) is 0 Å². The fourth-order valence-electron chi connectivity index (χ4n) is 3.09. The van der Waals surface area contributed by atoms with Gasteiger partial charge < -0.3 is 9.84 Å². The van der Waals surface area contributed by atoms with Crippen LogP contribution in [0.5, 0.6) is 0 Å². The molecule has 1 saturated heterocycles. The van der Waals surface area contributed by atoms with Crippen LogP contribution in [0.3, 0.4) is 0 Å². The second-order valence-corrected chi connectivity index (χ2v) is 6.21. The standard InChI is InChI=1S/C17H24N4O.ClH/c1-12-6-4-5-7-14(12)13(2)10-16-19-17(20-22-16)15-11-18-8-9-21(15)3;/h4-7,13,15,18H,8-11H2,1-3H3;1H. The highest BCUT2D eigenvalue weighted by molar-refractivity contribution is 5.85. The lowest BCUT2D eigenvalue weighted by molar-refractivity contribution is 0.190. The summed E-state index contributed by atoms with van der Waals surface area (Å²) in [5.41, 5.74) is 2.66. The van der Waals surface area contributed by atoms with Crippen LogP contribution in [0.1, 0.15) is 41.7 Å². The van der Waals surface area contributed by atoms with Crippen molar-refractivity contribution in [2.45, 2.75) is 32.2 Å². The number of aromatic nitrogens is 2. The summed E-state index contributed by atoms with van der Waals surface area (Å²) in [6.07, 6.45) is 0.779. The number of rotatable bonds is 4. The fraction of sp³-hybridized carbons (Fsp3) is 0.529. The normalized spacial score (nSPS) is 20.0. The van der Waals surface area contributed by atoms with Gasteiger partial charge >= 0.3 is 0 Å². The van der Waals surface area contributed by atoms with Crippen LogP contribution in [0.15, 0.2) is 28.8 Å². The molecule has 0 aliphatic carbocycles. The lowest BCUT2D eigenvalue weighted by Gasteiger charge is -2.30. The molecule has 0 bridgehead atoms. The van der Waals surface area contributed by atoms with Gasteiger partial charge in [0.05, 0.1) is 6.04 Å². The molecular weight excluding hydrogens is 312 g/mol. The maximum Gasteiger partial charge on any atom is 0.227 e. The number of benzene rings is 1. The van der Waals surface area contributed by atoms with Gasteiger partial charge in [-0.15, -0.1) is 12.4 Å². The Hall–Kier alpha value is -1.43. The second-order valence-electron chi connectivity index (χ2n) is 6.21. The van der Waals surface area contributed by atoms with Gasteiger partial charge in [0.15, 0.2) is 5.82 Å². The highest BCUT2D eigenvalue weighted by Crippen LogP contribution is 2.24. The van der Waals surface area contributed by atoms with Crippen molar-refractivity contribution < 1.29 is 4.52 Å². The van der Waals surface area contributed by atoms with Gasteiger partial charge in [0.25, 0.3) is 0 Å². The molecule has 0 amide bonds. The molecule has 1 N–H and O–H groups in total. The Morgan fingerprint density at radius 3 is 2.91 bits per heavy atom. The van der Waals surface area contributed by atoms with Crippen LogP contribution < -0.4 is 5.32 Å². The first-order chi connectivity index (χ1) is 10.6. The molecule has 1 aromatic heterocycles. The number of nitrogens with zero attached hydrogens (tertiary/aromatic N) is 3. The van der Waals surface area contributed by atoms with E-state index in [0.29, 0.717) is 5.92 Å². The van der Waals surface area contributed by atoms with E-state index in [9.17, 15) is 0 Å². The van der Waals surface area contributed by atoms with E-state index < -0.39 is 0 Å². The average molecular weight is 337 g/mol. The van der Waals surface area contributed by atoms with Crippen LogP contribution in [0.2, 0.25) is 0 Å². The predicted octanol–water partition coefficient (Wildman–Crippen LogP) is 2.72. The summed E-state index contributed by atoms with van der Waals surface area (Å²) < 4.78 is 5.48. The number of halogens is 1. The molecule has 1 aliphatic heterocycles. The van der Waals surface area contributed by atoms with Gasteiger partial charge in [-0.1, -0.05) is 36.3 Å². The SMILES string of the molecule is Cc1ccccc1C(C)Cc1nc(C2CNCCN2C)no1.Cl. The third kappa shape index (κ3) is 4.10. The van der Waals surface area contributed by atoms with E-state index in [1.165, 1.54) is 11.1 Å². The molecule has 126 valence electrons. The monoisotopic (exact) mass is 336 g/mol. The van der Waals surface area contributed by atoms with Crippen LogP contribution in [-0.2, 0) is 6.42 Å². The van der Waals surface area contributed by atoms with Crippen LogP contribution in [-0.4, -0.2) is 41.7 Å². The Labute approximate surface area is 143 Å². The van der Waals surface area contributed by atoms with E-state index in [4.69, 9.17) is 4.52 Å². The minimum absolute atomic E-state index is 0. The van der Waals surface area contributed by atoms with E-state index in [1.807, 2.05) is 0 Å². The van der Waals surface area contributed by atoms with Crippen LogP contribution in [0, 0.1) is 6.92 Å². The third-order valence-corrected chi connectivity index (χ3v) is 4.49. The smallest absolute Gasteiger partial charge is 0.227 e. The molecule has 5 nitrogen and oxygen atoms in total. The Balaban J connectivity index is 0.00000192. The molecule has 2 aromatic rings. The Morgan fingerprint density at radius 2 is 2.17 bits per heavy atom. The zero-order valence-electron chi connectivity index (χ0n) is 14.0. The Morgan fingerprint density at radius 1 is 1.39 bits per heavy atom. The van der Waals surface area contributed by atoms with Crippen molar-refractivity contribution in [3.05, 3.63) is 47.1 Å². The molecule has 2 heterocycles. The van der Waals surface area contributed by atoms with Crippen molar-refractivity contribution in [3.8, 4) is 0 Å². The number of nitrogens with one attached hydrogen (secondary N) is 1. The summed E-state index contributed by atoms with van der Waals surface area (Å²) in [6.45, 7) is 7.26. The number of likely N-dealkylation sites (N-methyl/N-ethyl adjacent to an activating group) is 1. The van der Waals surface area contributed by atoms with E-state index in [0.717, 1.165) is 37.8 Å². The van der Waals surface area contributed by atoms with Crippen molar-refractivity contribution in [3.63, 3.8) is 0 Å². The molecule has 23 heavy (non-hydrogen) atoms. The molecule has 3 rings (SSSR count). The number of piperazine rings is 1. The average Bonchev–Trinajstić information content (AvgIpc) is 2.96.